The highest BCUT2D eigenvalue weighted by Gasteiger charge is 2.39. The molecule has 0 saturated carbocycles. The number of unbranched alkanes of at least 4 members (excludes halogenated alkanes) is 7. The highest BCUT2D eigenvalue weighted by molar-refractivity contribution is 6.15. The molecule has 1 heterocycles. The van der Waals surface area contributed by atoms with Gasteiger partial charge in [0, 0.05) is 38.9 Å². The zero-order valence-electron chi connectivity index (χ0n) is 17.6. The molecule has 6 heteroatoms. The first-order chi connectivity index (χ1) is 13.9. The number of benzene rings is 1. The molecule has 0 bridgehead atoms. The molecule has 0 spiro atoms. The molecule has 0 amide bonds. The van der Waals surface area contributed by atoms with Gasteiger partial charge in [-0.3, -0.25) is 0 Å². The first-order valence-electron chi connectivity index (χ1n) is 10.5. The molecule has 1 aromatic carbocycles. The molecule has 0 radical (unpaired) electrons. The summed E-state index contributed by atoms with van der Waals surface area (Å²) in [4.78, 5) is 26.5. The lowest BCUT2D eigenvalue weighted by atomic mass is 10.1. The summed E-state index contributed by atoms with van der Waals surface area (Å²) in [5, 5.41) is 8.79. The molecular weight excluding hydrogens is 370 g/mol. The lowest BCUT2D eigenvalue weighted by molar-refractivity contribution is -0.222. The van der Waals surface area contributed by atoms with Gasteiger partial charge in [0.15, 0.2) is 5.57 Å². The smallest absolute Gasteiger partial charge is 0.350 e. The SMILES string of the molecule is CC1(C)OC(=O)C(=CN(CCCCCCCCCCO)c2ccccc2)C(=O)O1. The van der Waals surface area contributed by atoms with Crippen LogP contribution in [0.4, 0.5) is 5.69 Å². The van der Waals surface area contributed by atoms with Gasteiger partial charge in [0.25, 0.3) is 5.79 Å². The van der Waals surface area contributed by atoms with Gasteiger partial charge in [-0.25, -0.2) is 9.59 Å². The van der Waals surface area contributed by atoms with E-state index in [1.807, 2.05) is 35.2 Å². The molecule has 29 heavy (non-hydrogen) atoms. The molecule has 1 N–H and O–H groups in total. The van der Waals surface area contributed by atoms with E-state index in [0.717, 1.165) is 37.8 Å². The van der Waals surface area contributed by atoms with Gasteiger partial charge in [0.1, 0.15) is 0 Å². The predicted octanol–water partition coefficient (Wildman–Crippen LogP) is 4.33. The van der Waals surface area contributed by atoms with E-state index in [9.17, 15) is 9.59 Å². The number of rotatable bonds is 12. The summed E-state index contributed by atoms with van der Waals surface area (Å²) in [6.07, 6.45) is 10.3. The van der Waals surface area contributed by atoms with Gasteiger partial charge >= 0.3 is 11.9 Å². The van der Waals surface area contributed by atoms with Crippen LogP contribution >= 0.6 is 0 Å². The minimum absolute atomic E-state index is 0.0861. The maximum Gasteiger partial charge on any atom is 0.350 e. The minimum Gasteiger partial charge on any atom is -0.419 e. The van der Waals surface area contributed by atoms with Gasteiger partial charge in [-0.15, -0.1) is 0 Å². The Morgan fingerprint density at radius 3 is 1.93 bits per heavy atom. The summed E-state index contributed by atoms with van der Waals surface area (Å²) in [5.41, 5.74) is 0.825. The molecule has 0 aromatic heterocycles. The quantitative estimate of drug-likeness (QED) is 0.242. The Morgan fingerprint density at radius 1 is 0.862 bits per heavy atom. The van der Waals surface area contributed by atoms with E-state index >= 15 is 0 Å². The van der Waals surface area contributed by atoms with Gasteiger partial charge in [-0.05, 0) is 25.0 Å². The molecule has 2 rings (SSSR count). The Hall–Kier alpha value is -2.34. The number of carbonyl (C=O) groups excluding carboxylic acids is 2. The van der Waals surface area contributed by atoms with Crippen LogP contribution in [-0.2, 0) is 19.1 Å². The Bertz CT molecular complexity index is 662. The summed E-state index contributed by atoms with van der Waals surface area (Å²) in [7, 11) is 0. The highest BCUT2D eigenvalue weighted by Crippen LogP contribution is 2.24. The van der Waals surface area contributed by atoms with Crippen LogP contribution < -0.4 is 4.90 Å². The summed E-state index contributed by atoms with van der Waals surface area (Å²) in [5.74, 6) is -2.55. The number of para-hydroxylation sites is 1. The zero-order valence-corrected chi connectivity index (χ0v) is 17.6. The first kappa shape index (κ1) is 22.9. The van der Waals surface area contributed by atoms with E-state index < -0.39 is 17.7 Å². The number of ether oxygens (including phenoxy) is 2. The van der Waals surface area contributed by atoms with Crippen LogP contribution in [0.2, 0.25) is 0 Å². The Morgan fingerprint density at radius 2 is 1.38 bits per heavy atom. The number of anilines is 1. The standard InChI is InChI=1S/C23H33NO5/c1-23(2)28-21(26)20(22(27)29-23)18-24(19-14-10-9-11-15-19)16-12-7-5-3-4-6-8-13-17-25/h9-11,14-15,18,25H,3-8,12-13,16-17H2,1-2H3. The van der Waals surface area contributed by atoms with Crippen LogP contribution in [0.5, 0.6) is 0 Å². The second-order valence-electron chi connectivity index (χ2n) is 7.80. The number of hydrogen-bond acceptors (Lipinski definition) is 6. The average molecular weight is 404 g/mol. The fourth-order valence-corrected chi connectivity index (χ4v) is 3.26. The van der Waals surface area contributed by atoms with Gasteiger partial charge in [-0.2, -0.15) is 0 Å². The van der Waals surface area contributed by atoms with Crippen LogP contribution in [0.25, 0.3) is 0 Å². The lowest BCUT2D eigenvalue weighted by Crippen LogP contribution is -2.42. The molecule has 0 unspecified atom stereocenters. The summed E-state index contributed by atoms with van der Waals surface area (Å²) in [6, 6.07) is 9.67. The maximum absolute atomic E-state index is 12.3. The third kappa shape index (κ3) is 7.89. The molecule has 1 saturated heterocycles. The zero-order chi connectivity index (χ0) is 21.1. The second kappa shape index (κ2) is 11.6. The van der Waals surface area contributed by atoms with E-state index in [2.05, 4.69) is 0 Å². The third-order valence-corrected chi connectivity index (χ3v) is 4.80. The van der Waals surface area contributed by atoms with Crippen molar-refractivity contribution in [3.63, 3.8) is 0 Å². The highest BCUT2D eigenvalue weighted by atomic mass is 16.7. The molecule has 1 fully saturated rings. The number of nitrogens with zero attached hydrogens (tertiary/aromatic N) is 1. The van der Waals surface area contributed by atoms with Crippen LogP contribution in [0.1, 0.15) is 65.2 Å². The van der Waals surface area contributed by atoms with Crippen LogP contribution in [0, 0.1) is 0 Å². The van der Waals surface area contributed by atoms with Crippen LogP contribution in [-0.4, -0.2) is 36.0 Å². The summed E-state index contributed by atoms with van der Waals surface area (Å²) >= 11 is 0. The number of carbonyl (C=O) groups is 2. The molecule has 0 atom stereocenters. The topological polar surface area (TPSA) is 76.1 Å². The van der Waals surface area contributed by atoms with Crippen molar-refractivity contribution >= 4 is 17.6 Å². The van der Waals surface area contributed by atoms with E-state index in [1.165, 1.54) is 19.3 Å². The monoisotopic (exact) mass is 403 g/mol. The van der Waals surface area contributed by atoms with Gasteiger partial charge in [0.2, 0.25) is 0 Å². The third-order valence-electron chi connectivity index (χ3n) is 4.80. The second-order valence-corrected chi connectivity index (χ2v) is 7.80. The number of aliphatic hydroxyl groups excluding tert-OH is 1. The molecule has 1 aromatic rings. The minimum atomic E-state index is -1.24. The van der Waals surface area contributed by atoms with Crippen molar-refractivity contribution in [1.29, 1.82) is 0 Å². The summed E-state index contributed by atoms with van der Waals surface area (Å²) in [6.45, 7) is 4.06. The Kier molecular flexibility index (Phi) is 9.19. The van der Waals surface area contributed by atoms with Crippen LogP contribution in [0.15, 0.2) is 42.1 Å². The van der Waals surface area contributed by atoms with Crippen molar-refractivity contribution in [2.45, 2.75) is 71.0 Å². The van der Waals surface area contributed by atoms with Crippen molar-refractivity contribution in [2.75, 3.05) is 18.1 Å². The van der Waals surface area contributed by atoms with E-state index in [1.54, 1.807) is 20.0 Å². The van der Waals surface area contributed by atoms with Crippen molar-refractivity contribution in [2.24, 2.45) is 0 Å². The van der Waals surface area contributed by atoms with Gasteiger partial charge in [-0.1, -0.05) is 56.7 Å². The number of aliphatic hydroxyl groups is 1. The van der Waals surface area contributed by atoms with E-state index in [0.29, 0.717) is 6.54 Å². The Labute approximate surface area is 173 Å². The molecule has 1 aliphatic heterocycles. The fraction of sp³-hybridized carbons (Fsp3) is 0.565. The Balaban J connectivity index is 1.92. The normalized spacial score (nSPS) is 15.6. The number of hydrogen-bond donors (Lipinski definition) is 1. The van der Waals surface area contributed by atoms with Crippen molar-refractivity contribution in [3.05, 3.63) is 42.1 Å². The van der Waals surface area contributed by atoms with Crippen molar-refractivity contribution in [1.82, 2.24) is 0 Å². The average Bonchev–Trinajstić information content (AvgIpc) is 2.67. The first-order valence-corrected chi connectivity index (χ1v) is 10.5. The number of esters is 2. The van der Waals surface area contributed by atoms with Crippen molar-refractivity contribution < 1.29 is 24.2 Å². The van der Waals surface area contributed by atoms with E-state index in [-0.39, 0.29) is 12.2 Å². The molecule has 0 aliphatic carbocycles. The maximum atomic E-state index is 12.3. The van der Waals surface area contributed by atoms with Gasteiger partial charge in [0.05, 0.1) is 0 Å². The number of cyclic esters (lactones) is 2. The molecule has 1 aliphatic rings. The molecular formula is C23H33NO5. The van der Waals surface area contributed by atoms with Crippen LogP contribution in [0.3, 0.4) is 0 Å². The lowest BCUT2D eigenvalue weighted by Gasteiger charge is -2.31. The fourth-order valence-electron chi connectivity index (χ4n) is 3.26. The predicted molar refractivity (Wildman–Crippen MR) is 112 cm³/mol. The largest absolute Gasteiger partial charge is 0.419 e. The molecule has 160 valence electrons. The van der Waals surface area contributed by atoms with Crippen molar-refractivity contribution in [3.8, 4) is 0 Å². The molecule has 6 nitrogen and oxygen atoms in total. The summed E-state index contributed by atoms with van der Waals surface area (Å²) < 4.78 is 10.4. The van der Waals surface area contributed by atoms with E-state index in [4.69, 9.17) is 14.6 Å². The van der Waals surface area contributed by atoms with Gasteiger partial charge < -0.3 is 19.5 Å².